The first kappa shape index (κ1) is 12.8. The molecule has 0 saturated heterocycles. The van der Waals surface area contributed by atoms with Crippen LogP contribution >= 0.6 is 23.7 Å². The number of nitrogens with zero attached hydrogens (tertiary/aromatic N) is 1. The molecule has 0 saturated carbocycles. The molecule has 5 heteroatoms. The Hall–Kier alpha value is -1.26. The van der Waals surface area contributed by atoms with Gasteiger partial charge >= 0.3 is 0 Å². The summed E-state index contributed by atoms with van der Waals surface area (Å²) in [6, 6.07) is 8.02. The van der Waals surface area contributed by atoms with Crippen molar-refractivity contribution in [3.05, 3.63) is 40.9 Å². The molecule has 0 aliphatic carbocycles. The van der Waals surface area contributed by atoms with E-state index in [4.69, 9.17) is 10.5 Å². The highest BCUT2D eigenvalue weighted by molar-refractivity contribution is 7.15. The monoisotopic (exact) mass is 256 g/mol. The molecular weight excluding hydrogens is 244 g/mol. The number of ether oxygens (including phenoxy) is 1. The molecule has 0 aliphatic rings. The molecule has 86 valence electrons. The third kappa shape index (κ3) is 3.12. The predicted molar refractivity (Wildman–Crippen MR) is 69.6 cm³/mol. The molecule has 2 aromatic rings. The highest BCUT2D eigenvalue weighted by Gasteiger charge is 2.00. The molecule has 16 heavy (non-hydrogen) atoms. The number of aromatic nitrogens is 1. The highest BCUT2D eigenvalue weighted by Crippen LogP contribution is 2.19. The van der Waals surface area contributed by atoms with E-state index in [-0.39, 0.29) is 12.4 Å². The molecule has 0 fully saturated rings. The lowest BCUT2D eigenvalue weighted by molar-refractivity contribution is 0.414. The maximum atomic E-state index is 5.57. The second kappa shape index (κ2) is 5.72. The van der Waals surface area contributed by atoms with Gasteiger partial charge in [0.25, 0.3) is 0 Å². The van der Waals surface area contributed by atoms with E-state index in [0.29, 0.717) is 5.13 Å². The molecule has 0 spiro atoms. The number of thiazole rings is 1. The van der Waals surface area contributed by atoms with E-state index < -0.39 is 0 Å². The van der Waals surface area contributed by atoms with Gasteiger partial charge in [0.1, 0.15) is 5.75 Å². The number of methoxy groups -OCH3 is 1. The molecule has 1 heterocycles. The number of hydrogen-bond donors (Lipinski definition) is 1. The molecular formula is C11H13ClN2OS. The fourth-order valence-corrected chi connectivity index (χ4v) is 2.07. The molecule has 0 aliphatic heterocycles. The van der Waals surface area contributed by atoms with E-state index >= 15 is 0 Å². The van der Waals surface area contributed by atoms with Crippen molar-refractivity contribution in [2.45, 2.75) is 6.42 Å². The van der Waals surface area contributed by atoms with Crippen molar-refractivity contribution in [2.24, 2.45) is 0 Å². The first-order valence-corrected chi connectivity index (χ1v) is 5.42. The van der Waals surface area contributed by atoms with Gasteiger partial charge in [0.15, 0.2) is 5.13 Å². The summed E-state index contributed by atoms with van der Waals surface area (Å²) in [5.74, 6) is 0.877. The Morgan fingerprint density at radius 2 is 2.00 bits per heavy atom. The summed E-state index contributed by atoms with van der Waals surface area (Å²) >= 11 is 1.53. The largest absolute Gasteiger partial charge is 0.497 e. The van der Waals surface area contributed by atoms with E-state index in [1.165, 1.54) is 21.8 Å². The molecule has 0 radical (unpaired) electrons. The number of rotatable bonds is 3. The lowest BCUT2D eigenvalue weighted by Gasteiger charge is -2.01. The normalized spacial score (nSPS) is 9.56. The van der Waals surface area contributed by atoms with Gasteiger partial charge in [-0.25, -0.2) is 4.98 Å². The zero-order chi connectivity index (χ0) is 10.7. The first-order chi connectivity index (χ1) is 7.28. The second-order valence-electron chi connectivity index (χ2n) is 3.19. The van der Waals surface area contributed by atoms with Gasteiger partial charge < -0.3 is 10.5 Å². The average Bonchev–Trinajstić information content (AvgIpc) is 2.65. The van der Waals surface area contributed by atoms with Gasteiger partial charge in [-0.2, -0.15) is 0 Å². The minimum Gasteiger partial charge on any atom is -0.497 e. The molecule has 1 aromatic carbocycles. The van der Waals surface area contributed by atoms with Gasteiger partial charge in [-0.05, 0) is 17.7 Å². The average molecular weight is 257 g/mol. The summed E-state index contributed by atoms with van der Waals surface area (Å²) < 4.78 is 5.09. The summed E-state index contributed by atoms with van der Waals surface area (Å²) in [4.78, 5) is 5.20. The van der Waals surface area contributed by atoms with Crippen LogP contribution in [0.25, 0.3) is 0 Å². The maximum absolute atomic E-state index is 5.57. The van der Waals surface area contributed by atoms with Crippen LogP contribution in [-0.4, -0.2) is 12.1 Å². The predicted octanol–water partition coefficient (Wildman–Crippen LogP) is 2.75. The number of benzene rings is 1. The first-order valence-electron chi connectivity index (χ1n) is 4.61. The Kier molecular flexibility index (Phi) is 4.58. The fraction of sp³-hybridized carbons (Fsp3) is 0.182. The van der Waals surface area contributed by atoms with Crippen molar-refractivity contribution >= 4 is 28.9 Å². The Morgan fingerprint density at radius 1 is 1.31 bits per heavy atom. The van der Waals surface area contributed by atoms with E-state index in [1.807, 2.05) is 18.3 Å². The standard InChI is InChI=1S/C11H12N2OS.ClH/c1-14-9-4-2-8(3-5-9)6-10-7-13-11(12)15-10;/h2-5,7H,6H2,1H3,(H2,12,13);1H. The van der Waals surface area contributed by atoms with Gasteiger partial charge in [-0.1, -0.05) is 12.1 Å². The lowest BCUT2D eigenvalue weighted by atomic mass is 10.1. The van der Waals surface area contributed by atoms with E-state index in [1.54, 1.807) is 7.11 Å². The Balaban J connectivity index is 0.00000128. The molecule has 0 bridgehead atoms. The van der Waals surface area contributed by atoms with Gasteiger partial charge in [0.2, 0.25) is 0 Å². The van der Waals surface area contributed by atoms with Crippen molar-refractivity contribution in [1.82, 2.24) is 4.98 Å². The van der Waals surface area contributed by atoms with Crippen LogP contribution in [0.1, 0.15) is 10.4 Å². The van der Waals surface area contributed by atoms with Gasteiger partial charge in [-0.15, -0.1) is 23.7 Å². The van der Waals surface area contributed by atoms with Gasteiger partial charge in [-0.3, -0.25) is 0 Å². The number of nitrogen functional groups attached to an aromatic ring is 1. The lowest BCUT2D eigenvalue weighted by Crippen LogP contribution is -1.86. The van der Waals surface area contributed by atoms with Crippen LogP contribution in [0.5, 0.6) is 5.75 Å². The molecule has 3 nitrogen and oxygen atoms in total. The fourth-order valence-electron chi connectivity index (χ4n) is 1.35. The quantitative estimate of drug-likeness (QED) is 0.919. The third-order valence-electron chi connectivity index (χ3n) is 2.11. The summed E-state index contributed by atoms with van der Waals surface area (Å²) in [6.45, 7) is 0. The number of halogens is 1. The Labute approximate surface area is 105 Å². The summed E-state index contributed by atoms with van der Waals surface area (Å²) in [5.41, 5.74) is 6.80. The van der Waals surface area contributed by atoms with E-state index in [2.05, 4.69) is 17.1 Å². The van der Waals surface area contributed by atoms with Crippen LogP contribution in [0.15, 0.2) is 30.5 Å². The molecule has 1 aromatic heterocycles. The van der Waals surface area contributed by atoms with Crippen LogP contribution < -0.4 is 10.5 Å². The summed E-state index contributed by atoms with van der Waals surface area (Å²) in [7, 11) is 1.67. The molecule has 0 amide bonds. The highest BCUT2D eigenvalue weighted by atomic mass is 35.5. The molecule has 2 rings (SSSR count). The Morgan fingerprint density at radius 3 is 2.50 bits per heavy atom. The number of hydrogen-bond acceptors (Lipinski definition) is 4. The van der Waals surface area contributed by atoms with Crippen LogP contribution in [-0.2, 0) is 6.42 Å². The summed E-state index contributed by atoms with van der Waals surface area (Å²) in [6.07, 6.45) is 2.70. The Bertz CT molecular complexity index is 442. The molecule has 0 unspecified atom stereocenters. The smallest absolute Gasteiger partial charge is 0.180 e. The van der Waals surface area contributed by atoms with Crippen molar-refractivity contribution < 1.29 is 4.74 Å². The zero-order valence-corrected chi connectivity index (χ0v) is 10.5. The van der Waals surface area contributed by atoms with E-state index in [9.17, 15) is 0 Å². The molecule has 0 atom stereocenters. The van der Waals surface area contributed by atoms with Crippen molar-refractivity contribution in [3.63, 3.8) is 0 Å². The zero-order valence-electron chi connectivity index (χ0n) is 8.84. The summed E-state index contributed by atoms with van der Waals surface area (Å²) in [5, 5.41) is 0.624. The van der Waals surface area contributed by atoms with Crippen molar-refractivity contribution in [3.8, 4) is 5.75 Å². The second-order valence-corrected chi connectivity index (χ2v) is 4.34. The van der Waals surface area contributed by atoms with Crippen molar-refractivity contribution in [2.75, 3.05) is 12.8 Å². The van der Waals surface area contributed by atoms with E-state index in [0.717, 1.165) is 12.2 Å². The number of anilines is 1. The van der Waals surface area contributed by atoms with Crippen LogP contribution in [0.4, 0.5) is 5.13 Å². The third-order valence-corrected chi connectivity index (χ3v) is 2.94. The van der Waals surface area contributed by atoms with Gasteiger partial charge in [0.05, 0.1) is 7.11 Å². The van der Waals surface area contributed by atoms with Crippen molar-refractivity contribution in [1.29, 1.82) is 0 Å². The topological polar surface area (TPSA) is 48.1 Å². The number of nitrogens with two attached hydrogens (primary N) is 1. The molecule has 2 N–H and O–H groups in total. The van der Waals surface area contributed by atoms with Gasteiger partial charge in [0, 0.05) is 17.5 Å². The minimum absolute atomic E-state index is 0. The minimum atomic E-state index is 0. The van der Waals surface area contributed by atoms with Crippen LogP contribution in [0.3, 0.4) is 0 Å². The SMILES string of the molecule is COc1ccc(Cc2cnc(N)s2)cc1.Cl. The maximum Gasteiger partial charge on any atom is 0.180 e. The van der Waals surface area contributed by atoms with Crippen LogP contribution in [0.2, 0.25) is 0 Å². The van der Waals surface area contributed by atoms with Crippen LogP contribution in [0, 0.1) is 0 Å².